The maximum Gasteiger partial charge on any atom is 0.410 e. The molecule has 8 heteroatoms. The molecule has 0 saturated carbocycles. The number of rotatable bonds is 5. The van der Waals surface area contributed by atoms with Crippen LogP contribution in [0.5, 0.6) is 0 Å². The Balaban J connectivity index is 1.46. The van der Waals surface area contributed by atoms with E-state index in [-0.39, 0.29) is 24.6 Å². The van der Waals surface area contributed by atoms with Crippen molar-refractivity contribution in [2.24, 2.45) is 0 Å². The molecule has 8 nitrogen and oxygen atoms in total. The number of hydrogen-bond donors (Lipinski definition) is 1. The van der Waals surface area contributed by atoms with Crippen molar-refractivity contribution in [3.05, 3.63) is 35.9 Å². The molecule has 1 atom stereocenters. The molecule has 3 rings (SSSR count). The molecule has 2 aliphatic heterocycles. The summed E-state index contributed by atoms with van der Waals surface area (Å²) >= 11 is 0. The summed E-state index contributed by atoms with van der Waals surface area (Å²) in [4.78, 5) is 40.2. The van der Waals surface area contributed by atoms with Crippen molar-refractivity contribution in [3.63, 3.8) is 0 Å². The van der Waals surface area contributed by atoms with Crippen LogP contribution in [-0.4, -0.2) is 66.2 Å². The van der Waals surface area contributed by atoms with Crippen LogP contribution < -0.4 is 5.32 Å². The fourth-order valence-corrected chi connectivity index (χ4v) is 3.78. The minimum Gasteiger partial charge on any atom is -0.450 e. The van der Waals surface area contributed by atoms with Crippen LogP contribution in [0.4, 0.5) is 9.59 Å². The highest BCUT2D eigenvalue weighted by Gasteiger charge is 2.36. The van der Waals surface area contributed by atoms with Crippen LogP contribution >= 0.6 is 0 Å². The topological polar surface area (TPSA) is 88.2 Å². The molecule has 1 aromatic rings. The Hall–Kier alpha value is -2.77. The number of carbonyl (C=O) groups excluding carboxylic acids is 3. The molecule has 158 valence electrons. The number of hydrogen-bond acceptors (Lipinski definition) is 5. The molecule has 0 bridgehead atoms. The molecule has 2 fully saturated rings. The fraction of sp³-hybridized carbons (Fsp3) is 0.571. The van der Waals surface area contributed by atoms with E-state index in [1.807, 2.05) is 30.3 Å². The zero-order valence-electron chi connectivity index (χ0n) is 16.8. The highest BCUT2D eigenvalue weighted by atomic mass is 16.6. The van der Waals surface area contributed by atoms with Gasteiger partial charge in [-0.1, -0.05) is 30.3 Å². The third-order valence-electron chi connectivity index (χ3n) is 5.36. The lowest BCUT2D eigenvalue weighted by Crippen LogP contribution is -2.52. The summed E-state index contributed by atoms with van der Waals surface area (Å²) in [6, 6.07) is 8.97. The minimum atomic E-state index is -0.499. The van der Waals surface area contributed by atoms with Gasteiger partial charge in [-0.25, -0.2) is 9.59 Å². The Bertz CT molecular complexity index is 704. The van der Waals surface area contributed by atoms with Crippen LogP contribution in [0.25, 0.3) is 0 Å². The van der Waals surface area contributed by atoms with E-state index in [0.29, 0.717) is 45.5 Å². The number of ether oxygens (including phenoxy) is 2. The second kappa shape index (κ2) is 10.1. The molecule has 2 saturated heterocycles. The van der Waals surface area contributed by atoms with E-state index in [4.69, 9.17) is 9.47 Å². The first-order chi connectivity index (χ1) is 14.1. The number of benzene rings is 1. The molecule has 2 aliphatic rings. The lowest BCUT2D eigenvalue weighted by atomic mass is 10.0. The van der Waals surface area contributed by atoms with Gasteiger partial charge in [-0.3, -0.25) is 9.69 Å². The number of nitrogens with one attached hydrogen (secondary N) is 1. The van der Waals surface area contributed by atoms with Crippen molar-refractivity contribution in [1.82, 2.24) is 15.1 Å². The molecule has 1 aromatic carbocycles. The first-order valence-electron chi connectivity index (χ1n) is 10.3. The van der Waals surface area contributed by atoms with Crippen molar-refractivity contribution < 1.29 is 23.9 Å². The summed E-state index contributed by atoms with van der Waals surface area (Å²) < 4.78 is 10.4. The number of carbonyl (C=O) groups is 3. The van der Waals surface area contributed by atoms with Crippen LogP contribution in [0.2, 0.25) is 0 Å². The summed E-state index contributed by atoms with van der Waals surface area (Å²) in [5.41, 5.74) is 0.911. The summed E-state index contributed by atoms with van der Waals surface area (Å²) in [6.07, 6.45) is 2.00. The minimum absolute atomic E-state index is 0.00374. The number of piperidine rings is 1. The monoisotopic (exact) mass is 403 g/mol. The van der Waals surface area contributed by atoms with Gasteiger partial charge in [0.25, 0.3) is 0 Å². The first-order valence-corrected chi connectivity index (χ1v) is 10.3. The molecule has 1 N–H and O–H groups in total. The van der Waals surface area contributed by atoms with Crippen molar-refractivity contribution in [2.75, 3.05) is 26.2 Å². The smallest absolute Gasteiger partial charge is 0.410 e. The van der Waals surface area contributed by atoms with Crippen molar-refractivity contribution >= 4 is 18.1 Å². The Labute approximate surface area is 171 Å². The lowest BCUT2D eigenvalue weighted by molar-refractivity contribution is -0.126. The van der Waals surface area contributed by atoms with E-state index < -0.39 is 12.1 Å². The van der Waals surface area contributed by atoms with E-state index in [0.717, 1.165) is 12.0 Å². The normalized spacial score (nSPS) is 19.7. The molecular formula is C21H29N3O5. The van der Waals surface area contributed by atoms with Gasteiger partial charge in [0.1, 0.15) is 12.6 Å². The number of likely N-dealkylation sites (tertiary alicyclic amines) is 2. The number of amides is 3. The van der Waals surface area contributed by atoms with Gasteiger partial charge in [0.2, 0.25) is 5.91 Å². The Kier molecular flexibility index (Phi) is 7.32. The van der Waals surface area contributed by atoms with Gasteiger partial charge in [-0.2, -0.15) is 0 Å². The predicted octanol–water partition coefficient (Wildman–Crippen LogP) is 2.52. The zero-order valence-corrected chi connectivity index (χ0v) is 16.8. The lowest BCUT2D eigenvalue weighted by Gasteiger charge is -2.33. The summed E-state index contributed by atoms with van der Waals surface area (Å²) in [6.45, 7) is 3.95. The Morgan fingerprint density at radius 3 is 2.41 bits per heavy atom. The number of nitrogens with zero attached hydrogens (tertiary/aromatic N) is 2. The summed E-state index contributed by atoms with van der Waals surface area (Å²) in [5, 5.41) is 3.04. The fourth-order valence-electron chi connectivity index (χ4n) is 3.78. The standard InChI is InChI=1S/C21H29N3O5/c1-2-28-20(26)23-13-10-17(11-14-23)22-19(25)18-9-6-12-24(18)21(27)29-15-16-7-4-3-5-8-16/h3-5,7-8,17-18H,2,6,9-15H2,1H3,(H,22,25)/t18-/m0/s1. The molecule has 0 unspecified atom stereocenters. The van der Waals surface area contributed by atoms with E-state index in [1.54, 1.807) is 11.8 Å². The molecule has 0 radical (unpaired) electrons. The maximum atomic E-state index is 12.8. The molecule has 3 amide bonds. The van der Waals surface area contributed by atoms with Gasteiger partial charge in [0, 0.05) is 25.7 Å². The van der Waals surface area contributed by atoms with Gasteiger partial charge in [0.05, 0.1) is 6.61 Å². The second-order valence-corrected chi connectivity index (χ2v) is 7.36. The molecule has 0 spiro atoms. The van der Waals surface area contributed by atoms with Gasteiger partial charge >= 0.3 is 12.2 Å². The van der Waals surface area contributed by atoms with Crippen molar-refractivity contribution in [2.45, 2.75) is 51.3 Å². The molecule has 0 aliphatic carbocycles. The largest absolute Gasteiger partial charge is 0.450 e. The van der Waals surface area contributed by atoms with Crippen molar-refractivity contribution in [3.8, 4) is 0 Å². The maximum absolute atomic E-state index is 12.8. The summed E-state index contributed by atoms with van der Waals surface area (Å²) in [5.74, 6) is -0.145. The highest BCUT2D eigenvalue weighted by Crippen LogP contribution is 2.20. The third-order valence-corrected chi connectivity index (χ3v) is 5.36. The Morgan fingerprint density at radius 1 is 1.00 bits per heavy atom. The molecule has 0 aromatic heterocycles. The molecular weight excluding hydrogens is 374 g/mol. The Morgan fingerprint density at radius 2 is 1.72 bits per heavy atom. The zero-order chi connectivity index (χ0) is 20.6. The van der Waals surface area contributed by atoms with Crippen LogP contribution in [0, 0.1) is 0 Å². The predicted molar refractivity (Wildman–Crippen MR) is 106 cm³/mol. The summed E-state index contributed by atoms with van der Waals surface area (Å²) in [7, 11) is 0. The van der Waals surface area contributed by atoms with Gasteiger partial charge in [0.15, 0.2) is 0 Å². The van der Waals surface area contributed by atoms with Crippen LogP contribution in [0.3, 0.4) is 0 Å². The molecule has 29 heavy (non-hydrogen) atoms. The van der Waals surface area contributed by atoms with Gasteiger partial charge < -0.3 is 19.7 Å². The van der Waals surface area contributed by atoms with E-state index in [9.17, 15) is 14.4 Å². The quantitative estimate of drug-likeness (QED) is 0.816. The van der Waals surface area contributed by atoms with E-state index >= 15 is 0 Å². The van der Waals surface area contributed by atoms with Crippen LogP contribution in [-0.2, 0) is 20.9 Å². The van der Waals surface area contributed by atoms with Crippen LogP contribution in [0.1, 0.15) is 38.2 Å². The highest BCUT2D eigenvalue weighted by molar-refractivity contribution is 5.86. The van der Waals surface area contributed by atoms with E-state index in [1.165, 1.54) is 4.90 Å². The van der Waals surface area contributed by atoms with Crippen molar-refractivity contribution in [1.29, 1.82) is 0 Å². The average molecular weight is 403 g/mol. The van der Waals surface area contributed by atoms with Gasteiger partial charge in [-0.05, 0) is 38.2 Å². The second-order valence-electron chi connectivity index (χ2n) is 7.36. The van der Waals surface area contributed by atoms with E-state index in [2.05, 4.69) is 5.32 Å². The van der Waals surface area contributed by atoms with Gasteiger partial charge in [-0.15, -0.1) is 0 Å². The third kappa shape index (κ3) is 5.62. The average Bonchev–Trinajstić information content (AvgIpc) is 3.24. The SMILES string of the molecule is CCOC(=O)N1CCC(NC(=O)[C@@H]2CCCN2C(=O)OCc2ccccc2)CC1. The van der Waals surface area contributed by atoms with Crippen LogP contribution in [0.15, 0.2) is 30.3 Å². The first kappa shape index (κ1) is 21.0. The molecule has 2 heterocycles.